The van der Waals surface area contributed by atoms with E-state index in [0.29, 0.717) is 13.0 Å². The van der Waals surface area contributed by atoms with Crippen molar-refractivity contribution in [3.8, 4) is 0 Å². The summed E-state index contributed by atoms with van der Waals surface area (Å²) in [6.45, 7) is 0.891. The average molecular weight is 360 g/mol. The lowest BCUT2D eigenvalue weighted by Crippen LogP contribution is -2.52. The largest absolute Gasteiger partial charge is 0.368 e. The highest BCUT2D eigenvalue weighted by molar-refractivity contribution is 7.89. The van der Waals surface area contributed by atoms with Crippen LogP contribution in [0.2, 0.25) is 0 Å². The number of amides is 1. The third-order valence-electron chi connectivity index (χ3n) is 4.27. The van der Waals surface area contributed by atoms with Crippen molar-refractivity contribution >= 4 is 15.9 Å². The molecule has 1 aromatic carbocycles. The molecule has 2 aliphatic heterocycles. The molecule has 2 saturated heterocycles. The lowest BCUT2D eigenvalue weighted by Gasteiger charge is -2.35. The molecular formula is C15H18F2N2O4S. The third kappa shape index (κ3) is 3.15. The molecular weight excluding hydrogens is 342 g/mol. The van der Waals surface area contributed by atoms with Crippen LogP contribution in [0.25, 0.3) is 0 Å². The van der Waals surface area contributed by atoms with Crippen LogP contribution in [0.4, 0.5) is 8.78 Å². The van der Waals surface area contributed by atoms with E-state index in [2.05, 4.69) is 0 Å². The van der Waals surface area contributed by atoms with Crippen LogP contribution in [0.15, 0.2) is 23.1 Å². The van der Waals surface area contributed by atoms with Gasteiger partial charge in [0.25, 0.3) is 5.91 Å². The lowest BCUT2D eigenvalue weighted by atomic mass is 10.2. The molecule has 1 unspecified atom stereocenters. The molecule has 24 heavy (non-hydrogen) atoms. The second kappa shape index (κ2) is 6.73. The monoisotopic (exact) mass is 360 g/mol. The van der Waals surface area contributed by atoms with E-state index in [1.807, 2.05) is 0 Å². The number of ether oxygens (including phenoxy) is 1. The van der Waals surface area contributed by atoms with E-state index in [0.717, 1.165) is 28.9 Å². The molecule has 0 bridgehead atoms. The molecule has 0 aromatic heterocycles. The molecule has 2 fully saturated rings. The van der Waals surface area contributed by atoms with E-state index < -0.39 is 32.7 Å². The molecule has 132 valence electrons. The van der Waals surface area contributed by atoms with Crippen molar-refractivity contribution in [1.29, 1.82) is 0 Å². The number of benzene rings is 1. The van der Waals surface area contributed by atoms with Crippen molar-refractivity contribution in [1.82, 2.24) is 9.21 Å². The number of sulfonamides is 1. The Bertz CT molecular complexity index is 707. The summed E-state index contributed by atoms with van der Waals surface area (Å²) in [6.07, 6.45) is 1.03. The fraction of sp³-hybridized carbons (Fsp3) is 0.533. The van der Waals surface area contributed by atoms with Crippen LogP contribution in [0, 0.1) is 11.6 Å². The standard InChI is InChI=1S/C15H18F2N2O4S/c16-11-3-1-4-12(17)14(11)24(21,22)19-8-6-18(7-9-19)15(20)13-5-2-10-23-13/h1,3-4,13H,2,5-10H2. The Hall–Kier alpha value is -1.58. The quantitative estimate of drug-likeness (QED) is 0.806. The van der Waals surface area contributed by atoms with Gasteiger partial charge in [0.05, 0.1) is 0 Å². The molecule has 0 spiro atoms. The van der Waals surface area contributed by atoms with Gasteiger partial charge in [0.15, 0.2) is 4.90 Å². The molecule has 2 aliphatic rings. The van der Waals surface area contributed by atoms with Crippen LogP contribution < -0.4 is 0 Å². The van der Waals surface area contributed by atoms with Crippen molar-refractivity contribution in [3.63, 3.8) is 0 Å². The van der Waals surface area contributed by atoms with Crippen molar-refractivity contribution < 1.29 is 26.7 Å². The summed E-state index contributed by atoms with van der Waals surface area (Å²) in [7, 11) is -4.28. The zero-order valence-electron chi connectivity index (χ0n) is 13.0. The molecule has 0 radical (unpaired) electrons. The van der Waals surface area contributed by atoms with Gasteiger partial charge in [-0.2, -0.15) is 4.31 Å². The summed E-state index contributed by atoms with van der Waals surface area (Å²) in [5.74, 6) is -2.39. The predicted octanol–water partition coefficient (Wildman–Crippen LogP) is 0.977. The van der Waals surface area contributed by atoms with Crippen molar-refractivity contribution in [3.05, 3.63) is 29.8 Å². The maximum atomic E-state index is 13.8. The Morgan fingerprint density at radius 3 is 2.29 bits per heavy atom. The number of carbonyl (C=O) groups excluding carboxylic acids is 1. The summed E-state index contributed by atoms with van der Waals surface area (Å²) < 4.78 is 58.9. The number of hydrogen-bond acceptors (Lipinski definition) is 4. The fourth-order valence-corrected chi connectivity index (χ4v) is 4.51. The number of piperazine rings is 1. The first-order valence-electron chi connectivity index (χ1n) is 7.76. The molecule has 0 N–H and O–H groups in total. The molecule has 0 saturated carbocycles. The molecule has 1 amide bonds. The third-order valence-corrected chi connectivity index (χ3v) is 6.22. The van der Waals surface area contributed by atoms with Gasteiger partial charge in [-0.15, -0.1) is 0 Å². The Balaban J connectivity index is 1.71. The summed E-state index contributed by atoms with van der Waals surface area (Å²) in [6, 6.07) is 2.93. The average Bonchev–Trinajstić information content (AvgIpc) is 3.08. The van der Waals surface area contributed by atoms with Gasteiger partial charge >= 0.3 is 0 Å². The Morgan fingerprint density at radius 1 is 1.12 bits per heavy atom. The van der Waals surface area contributed by atoms with E-state index in [4.69, 9.17) is 4.74 Å². The summed E-state index contributed by atoms with van der Waals surface area (Å²) in [5.41, 5.74) is 0. The summed E-state index contributed by atoms with van der Waals surface area (Å²) in [4.78, 5) is 12.8. The minimum atomic E-state index is -4.28. The van der Waals surface area contributed by atoms with Crippen LogP contribution in [-0.2, 0) is 19.6 Å². The number of hydrogen-bond donors (Lipinski definition) is 0. The van der Waals surface area contributed by atoms with Gasteiger partial charge in [0, 0.05) is 32.8 Å². The number of halogens is 2. The van der Waals surface area contributed by atoms with Crippen LogP contribution in [0.5, 0.6) is 0 Å². The Kier molecular flexibility index (Phi) is 4.84. The van der Waals surface area contributed by atoms with Gasteiger partial charge in [-0.25, -0.2) is 17.2 Å². The second-order valence-corrected chi connectivity index (χ2v) is 7.66. The highest BCUT2D eigenvalue weighted by atomic mass is 32.2. The Morgan fingerprint density at radius 2 is 1.75 bits per heavy atom. The first-order chi connectivity index (χ1) is 11.4. The number of rotatable bonds is 3. The zero-order valence-corrected chi connectivity index (χ0v) is 13.8. The van der Waals surface area contributed by atoms with E-state index in [9.17, 15) is 22.0 Å². The Labute approximate surface area is 139 Å². The minimum absolute atomic E-state index is 0.00539. The molecule has 0 aliphatic carbocycles. The summed E-state index contributed by atoms with van der Waals surface area (Å²) in [5, 5.41) is 0. The topological polar surface area (TPSA) is 66.9 Å². The van der Waals surface area contributed by atoms with Crippen LogP contribution >= 0.6 is 0 Å². The van der Waals surface area contributed by atoms with E-state index in [-0.39, 0.29) is 32.1 Å². The van der Waals surface area contributed by atoms with E-state index in [1.54, 1.807) is 4.90 Å². The molecule has 3 rings (SSSR count). The first kappa shape index (κ1) is 17.2. The maximum Gasteiger partial charge on any atom is 0.251 e. The first-order valence-corrected chi connectivity index (χ1v) is 9.20. The highest BCUT2D eigenvalue weighted by Crippen LogP contribution is 2.24. The molecule has 1 atom stereocenters. The summed E-state index contributed by atoms with van der Waals surface area (Å²) >= 11 is 0. The predicted molar refractivity (Wildman–Crippen MR) is 80.7 cm³/mol. The fourth-order valence-electron chi connectivity index (χ4n) is 2.98. The molecule has 2 heterocycles. The van der Waals surface area contributed by atoms with Crippen LogP contribution in [-0.4, -0.2) is 62.4 Å². The van der Waals surface area contributed by atoms with Gasteiger partial charge < -0.3 is 9.64 Å². The smallest absolute Gasteiger partial charge is 0.251 e. The maximum absolute atomic E-state index is 13.8. The van der Waals surface area contributed by atoms with E-state index in [1.165, 1.54) is 0 Å². The number of carbonyl (C=O) groups is 1. The van der Waals surface area contributed by atoms with Crippen molar-refractivity contribution in [2.45, 2.75) is 23.8 Å². The minimum Gasteiger partial charge on any atom is -0.368 e. The second-order valence-electron chi connectivity index (χ2n) is 5.78. The lowest BCUT2D eigenvalue weighted by molar-refractivity contribution is -0.142. The van der Waals surface area contributed by atoms with Crippen molar-refractivity contribution in [2.75, 3.05) is 32.8 Å². The molecule has 9 heteroatoms. The molecule has 6 nitrogen and oxygen atoms in total. The van der Waals surface area contributed by atoms with Gasteiger partial charge in [0.1, 0.15) is 17.7 Å². The van der Waals surface area contributed by atoms with E-state index >= 15 is 0 Å². The SMILES string of the molecule is O=C(C1CCCO1)N1CCN(S(=O)(=O)c2c(F)cccc2F)CC1. The molecule has 1 aromatic rings. The normalized spacial score (nSPS) is 22.8. The van der Waals surface area contributed by atoms with Crippen LogP contribution in [0.1, 0.15) is 12.8 Å². The van der Waals surface area contributed by atoms with Crippen molar-refractivity contribution in [2.24, 2.45) is 0 Å². The number of nitrogens with zero attached hydrogens (tertiary/aromatic N) is 2. The van der Waals surface area contributed by atoms with Gasteiger partial charge in [0.2, 0.25) is 10.0 Å². The van der Waals surface area contributed by atoms with Gasteiger partial charge in [-0.1, -0.05) is 6.07 Å². The van der Waals surface area contributed by atoms with Gasteiger partial charge in [-0.05, 0) is 25.0 Å². The highest BCUT2D eigenvalue weighted by Gasteiger charge is 2.36. The zero-order chi connectivity index (χ0) is 17.3. The van der Waals surface area contributed by atoms with Crippen LogP contribution in [0.3, 0.4) is 0 Å². The van der Waals surface area contributed by atoms with Gasteiger partial charge in [-0.3, -0.25) is 4.79 Å².